The van der Waals surface area contributed by atoms with Crippen LogP contribution in [0.3, 0.4) is 0 Å². The topological polar surface area (TPSA) is 53.0 Å². The number of amides is 1. The highest BCUT2D eigenvalue weighted by Crippen LogP contribution is 2.25. The van der Waals surface area contributed by atoms with E-state index in [0.717, 1.165) is 21.9 Å². The van der Waals surface area contributed by atoms with Gasteiger partial charge in [-0.25, -0.2) is 0 Å². The maximum absolute atomic E-state index is 12.6. The molecule has 1 amide bonds. The Morgan fingerprint density at radius 2 is 1.64 bits per heavy atom. The Morgan fingerprint density at radius 1 is 0.960 bits per heavy atom. The molecule has 0 radical (unpaired) electrons. The zero-order valence-corrected chi connectivity index (χ0v) is 14.9. The molecule has 0 aliphatic carbocycles. The molecule has 0 unspecified atom stereocenters. The molecule has 0 aromatic heterocycles. The molecule has 0 fully saturated rings. The van der Waals surface area contributed by atoms with Gasteiger partial charge in [-0.05, 0) is 46.5 Å². The fourth-order valence-electron chi connectivity index (χ4n) is 2.81. The van der Waals surface area contributed by atoms with Crippen molar-refractivity contribution in [2.75, 3.05) is 6.54 Å². The van der Waals surface area contributed by atoms with Crippen molar-refractivity contribution in [3.05, 3.63) is 81.3 Å². The molecule has 3 rings (SSSR count). The van der Waals surface area contributed by atoms with Gasteiger partial charge in [0.1, 0.15) is 0 Å². The minimum absolute atomic E-state index is 0.157. The van der Waals surface area contributed by atoms with Crippen molar-refractivity contribution >= 4 is 46.1 Å². The van der Waals surface area contributed by atoms with Gasteiger partial charge >= 0.3 is 0 Å². The predicted molar refractivity (Wildman–Crippen MR) is 104 cm³/mol. The van der Waals surface area contributed by atoms with Gasteiger partial charge in [0.25, 0.3) is 5.91 Å². The molecule has 2 N–H and O–H groups in total. The fraction of sp³-hybridized carbons (Fsp3) is 0.100. The van der Waals surface area contributed by atoms with E-state index >= 15 is 0 Å². The second-order valence-electron chi connectivity index (χ2n) is 5.60. The summed E-state index contributed by atoms with van der Waals surface area (Å²) in [6.45, 7) is 0.433. The Hall–Kier alpha value is -2.36. The summed E-state index contributed by atoms with van der Waals surface area (Å²) in [6.07, 6.45) is 1.85. The van der Waals surface area contributed by atoms with Crippen molar-refractivity contribution in [2.24, 2.45) is 0 Å². The second kappa shape index (κ2) is 7.68. The quantitative estimate of drug-likeness (QED) is 0.601. The molecule has 0 bridgehead atoms. The van der Waals surface area contributed by atoms with Crippen LogP contribution in [0.5, 0.6) is 0 Å². The van der Waals surface area contributed by atoms with Crippen molar-refractivity contribution < 1.29 is 4.79 Å². The smallest absolute Gasteiger partial charge is 0.251 e. The van der Waals surface area contributed by atoms with Gasteiger partial charge in [0, 0.05) is 28.4 Å². The van der Waals surface area contributed by atoms with E-state index in [1.54, 1.807) is 30.3 Å². The number of fused-ring (bicyclic) bond motifs is 1. The van der Waals surface area contributed by atoms with E-state index in [0.29, 0.717) is 28.6 Å². The molecule has 0 spiro atoms. The van der Waals surface area contributed by atoms with Gasteiger partial charge in [-0.15, -0.1) is 0 Å². The Bertz CT molecular complexity index is 933. The summed E-state index contributed by atoms with van der Waals surface area (Å²) in [5.41, 5.74) is 2.21. The summed E-state index contributed by atoms with van der Waals surface area (Å²) in [7, 11) is 0. The molecular weight excluding hydrogens is 355 g/mol. The SMILES string of the molecule is N=Cc1ccc(C(=O)NCCc2c(Cl)cccc2Cl)c2ccccc12. The third kappa shape index (κ3) is 3.68. The van der Waals surface area contributed by atoms with Gasteiger partial charge in [0.2, 0.25) is 0 Å². The van der Waals surface area contributed by atoms with Crippen LogP contribution in [-0.2, 0) is 6.42 Å². The molecule has 3 aromatic carbocycles. The van der Waals surface area contributed by atoms with Crippen LogP contribution in [-0.4, -0.2) is 18.7 Å². The number of carbonyl (C=O) groups excluding carboxylic acids is 1. The molecule has 25 heavy (non-hydrogen) atoms. The van der Waals surface area contributed by atoms with E-state index in [-0.39, 0.29) is 5.91 Å². The molecule has 0 atom stereocenters. The average molecular weight is 371 g/mol. The molecule has 5 heteroatoms. The fourth-order valence-corrected chi connectivity index (χ4v) is 3.40. The van der Waals surface area contributed by atoms with Gasteiger partial charge in [-0.3, -0.25) is 4.79 Å². The van der Waals surface area contributed by atoms with Crippen LogP contribution in [0.15, 0.2) is 54.6 Å². The van der Waals surface area contributed by atoms with Crippen molar-refractivity contribution in [1.82, 2.24) is 5.32 Å². The summed E-state index contributed by atoms with van der Waals surface area (Å²) in [5.74, 6) is -0.157. The third-order valence-corrected chi connectivity index (χ3v) is 4.79. The summed E-state index contributed by atoms with van der Waals surface area (Å²) < 4.78 is 0. The lowest BCUT2D eigenvalue weighted by atomic mass is 9.99. The van der Waals surface area contributed by atoms with Crippen LogP contribution < -0.4 is 5.32 Å². The summed E-state index contributed by atoms with van der Waals surface area (Å²) >= 11 is 12.3. The number of rotatable bonds is 5. The Kier molecular flexibility index (Phi) is 5.37. The highest BCUT2D eigenvalue weighted by molar-refractivity contribution is 6.36. The van der Waals surface area contributed by atoms with Crippen molar-refractivity contribution in [2.45, 2.75) is 6.42 Å². The highest BCUT2D eigenvalue weighted by atomic mass is 35.5. The maximum atomic E-state index is 12.6. The third-order valence-electron chi connectivity index (χ3n) is 4.08. The lowest BCUT2D eigenvalue weighted by Gasteiger charge is -2.11. The molecular formula is C20H16Cl2N2O. The number of halogens is 2. The van der Waals surface area contributed by atoms with Crippen LogP contribution in [0, 0.1) is 5.41 Å². The van der Waals surface area contributed by atoms with Crippen LogP contribution in [0.2, 0.25) is 10.0 Å². The van der Waals surface area contributed by atoms with Crippen molar-refractivity contribution in [1.29, 1.82) is 5.41 Å². The van der Waals surface area contributed by atoms with Crippen molar-refractivity contribution in [3.63, 3.8) is 0 Å². The Balaban J connectivity index is 1.78. The summed E-state index contributed by atoms with van der Waals surface area (Å²) in [4.78, 5) is 12.6. The van der Waals surface area contributed by atoms with Crippen LogP contribution in [0.25, 0.3) is 10.8 Å². The molecule has 0 saturated heterocycles. The van der Waals surface area contributed by atoms with E-state index in [1.165, 1.54) is 6.21 Å². The van der Waals surface area contributed by atoms with Gasteiger partial charge in [-0.2, -0.15) is 0 Å². The van der Waals surface area contributed by atoms with Gasteiger partial charge in [-0.1, -0.05) is 59.6 Å². The zero-order chi connectivity index (χ0) is 17.8. The number of nitrogens with one attached hydrogen (secondary N) is 2. The lowest BCUT2D eigenvalue weighted by molar-refractivity contribution is 0.0956. The largest absolute Gasteiger partial charge is 0.352 e. The number of benzene rings is 3. The van der Waals surface area contributed by atoms with E-state index < -0.39 is 0 Å². The maximum Gasteiger partial charge on any atom is 0.251 e. The summed E-state index contributed by atoms with van der Waals surface area (Å²) in [6, 6.07) is 16.5. The monoisotopic (exact) mass is 370 g/mol. The highest BCUT2D eigenvalue weighted by Gasteiger charge is 2.12. The van der Waals surface area contributed by atoms with E-state index in [4.69, 9.17) is 28.6 Å². The number of hydrogen-bond donors (Lipinski definition) is 2. The van der Waals surface area contributed by atoms with E-state index in [9.17, 15) is 4.79 Å². The molecule has 126 valence electrons. The van der Waals surface area contributed by atoms with Gasteiger partial charge in [0.15, 0.2) is 0 Å². The molecule has 0 aliphatic rings. The van der Waals surface area contributed by atoms with Gasteiger partial charge < -0.3 is 10.7 Å². The van der Waals surface area contributed by atoms with Crippen LogP contribution in [0.4, 0.5) is 0 Å². The molecule has 3 nitrogen and oxygen atoms in total. The first-order valence-electron chi connectivity index (χ1n) is 7.85. The van der Waals surface area contributed by atoms with Crippen LogP contribution >= 0.6 is 23.2 Å². The number of carbonyl (C=O) groups is 1. The second-order valence-corrected chi connectivity index (χ2v) is 6.41. The number of hydrogen-bond acceptors (Lipinski definition) is 2. The minimum atomic E-state index is -0.157. The lowest BCUT2D eigenvalue weighted by Crippen LogP contribution is -2.26. The zero-order valence-electron chi connectivity index (χ0n) is 13.4. The first kappa shape index (κ1) is 17.5. The molecule has 3 aromatic rings. The van der Waals surface area contributed by atoms with E-state index in [2.05, 4.69) is 5.32 Å². The predicted octanol–water partition coefficient (Wildman–Crippen LogP) is 5.12. The Morgan fingerprint density at radius 3 is 2.32 bits per heavy atom. The first-order chi connectivity index (χ1) is 12.1. The average Bonchev–Trinajstić information content (AvgIpc) is 2.63. The normalized spacial score (nSPS) is 10.6. The van der Waals surface area contributed by atoms with Crippen LogP contribution in [0.1, 0.15) is 21.5 Å². The molecule has 0 heterocycles. The van der Waals surface area contributed by atoms with Gasteiger partial charge in [0.05, 0.1) is 0 Å². The van der Waals surface area contributed by atoms with E-state index in [1.807, 2.05) is 24.3 Å². The van der Waals surface area contributed by atoms with Crippen molar-refractivity contribution in [3.8, 4) is 0 Å². The molecule has 0 saturated carbocycles. The Labute approximate surface area is 156 Å². The summed E-state index contributed by atoms with van der Waals surface area (Å²) in [5, 5.41) is 13.3. The standard InChI is InChI=1S/C20H16Cl2N2O/c21-18-6-3-7-19(22)17(18)10-11-24-20(25)16-9-8-13(12-23)14-4-1-2-5-15(14)16/h1-9,12,23H,10-11H2,(H,24,25). The first-order valence-corrected chi connectivity index (χ1v) is 8.60. The minimum Gasteiger partial charge on any atom is -0.352 e. The molecule has 0 aliphatic heterocycles.